The highest BCUT2D eigenvalue weighted by molar-refractivity contribution is 5.29. The maximum Gasteiger partial charge on any atom is 0.119 e. The summed E-state index contributed by atoms with van der Waals surface area (Å²) in [5.41, 5.74) is 3.81. The molecule has 0 aliphatic carbocycles. The number of aliphatic hydroxyl groups excluding tert-OH is 1. The highest BCUT2D eigenvalue weighted by Gasteiger charge is 2.37. The largest absolute Gasteiger partial charge is 0.497 e. The zero-order valence-corrected chi connectivity index (χ0v) is 20.4. The highest BCUT2D eigenvalue weighted by atomic mass is 16.5. The van der Waals surface area contributed by atoms with Gasteiger partial charge in [-0.1, -0.05) is 54.6 Å². The molecule has 3 aromatic rings. The van der Waals surface area contributed by atoms with Gasteiger partial charge in [0, 0.05) is 12.1 Å². The molecule has 1 aliphatic heterocycles. The van der Waals surface area contributed by atoms with E-state index < -0.39 is 0 Å². The molecular formula is C30H37NO3. The second-order valence-corrected chi connectivity index (χ2v) is 9.22. The number of ether oxygens (including phenoxy) is 2. The summed E-state index contributed by atoms with van der Waals surface area (Å²) < 4.78 is 10.8. The molecule has 0 amide bonds. The van der Waals surface area contributed by atoms with Crippen molar-refractivity contribution in [1.29, 1.82) is 0 Å². The fraction of sp³-hybridized carbons (Fsp3) is 0.400. The Morgan fingerprint density at radius 1 is 0.765 bits per heavy atom. The molecule has 4 heteroatoms. The Bertz CT molecular complexity index is 963. The summed E-state index contributed by atoms with van der Waals surface area (Å²) in [4.78, 5) is 2.62. The topological polar surface area (TPSA) is 41.9 Å². The van der Waals surface area contributed by atoms with Crippen molar-refractivity contribution in [3.63, 3.8) is 0 Å². The SMILES string of the molecule is COc1cccc(CC[C@@H]2CC[C@@H](CCc3cccc(OC)c3)N2[C@@H](CO)c2ccccc2)c1. The van der Waals surface area contributed by atoms with Crippen LogP contribution < -0.4 is 9.47 Å². The number of aryl methyl sites for hydroxylation is 2. The van der Waals surface area contributed by atoms with Crippen LogP contribution in [0.3, 0.4) is 0 Å². The molecule has 0 spiro atoms. The summed E-state index contributed by atoms with van der Waals surface area (Å²) in [6.07, 6.45) is 6.49. The van der Waals surface area contributed by atoms with E-state index in [1.807, 2.05) is 18.2 Å². The van der Waals surface area contributed by atoms with E-state index >= 15 is 0 Å². The summed E-state index contributed by atoms with van der Waals surface area (Å²) in [6, 6.07) is 28.2. The van der Waals surface area contributed by atoms with E-state index in [0.29, 0.717) is 12.1 Å². The minimum atomic E-state index is 0.0225. The molecule has 3 atom stereocenters. The molecule has 0 bridgehead atoms. The van der Waals surface area contributed by atoms with Crippen molar-refractivity contribution in [2.24, 2.45) is 0 Å². The minimum absolute atomic E-state index is 0.0225. The average Bonchev–Trinajstić information content (AvgIpc) is 3.30. The Labute approximate surface area is 204 Å². The van der Waals surface area contributed by atoms with Crippen LogP contribution in [0.2, 0.25) is 0 Å². The highest BCUT2D eigenvalue weighted by Crippen LogP contribution is 2.38. The van der Waals surface area contributed by atoms with E-state index in [1.54, 1.807) is 14.2 Å². The van der Waals surface area contributed by atoms with Gasteiger partial charge in [-0.25, -0.2) is 0 Å². The monoisotopic (exact) mass is 459 g/mol. The van der Waals surface area contributed by atoms with Gasteiger partial charge in [0.05, 0.1) is 26.9 Å². The van der Waals surface area contributed by atoms with Crippen LogP contribution in [0.4, 0.5) is 0 Å². The van der Waals surface area contributed by atoms with Crippen LogP contribution >= 0.6 is 0 Å². The minimum Gasteiger partial charge on any atom is -0.497 e. The van der Waals surface area contributed by atoms with Gasteiger partial charge in [-0.05, 0) is 79.5 Å². The van der Waals surface area contributed by atoms with Crippen molar-refractivity contribution in [3.05, 3.63) is 95.6 Å². The van der Waals surface area contributed by atoms with Crippen molar-refractivity contribution < 1.29 is 14.6 Å². The van der Waals surface area contributed by atoms with E-state index in [-0.39, 0.29) is 12.6 Å². The summed E-state index contributed by atoms with van der Waals surface area (Å²) in [5, 5.41) is 10.5. The number of aliphatic hydroxyl groups is 1. The maximum absolute atomic E-state index is 10.5. The second-order valence-electron chi connectivity index (χ2n) is 9.22. The lowest BCUT2D eigenvalue weighted by Gasteiger charge is -2.37. The lowest BCUT2D eigenvalue weighted by Crippen LogP contribution is -2.41. The first kappa shape index (κ1) is 24.3. The van der Waals surface area contributed by atoms with Gasteiger partial charge in [0.25, 0.3) is 0 Å². The molecule has 1 fully saturated rings. The van der Waals surface area contributed by atoms with Crippen molar-refractivity contribution in [2.45, 2.75) is 56.7 Å². The molecule has 0 unspecified atom stereocenters. The molecule has 0 radical (unpaired) electrons. The van der Waals surface area contributed by atoms with Crippen LogP contribution in [0.1, 0.15) is 48.4 Å². The number of benzene rings is 3. The third kappa shape index (κ3) is 5.99. The first-order valence-corrected chi connectivity index (χ1v) is 12.4. The molecular weight excluding hydrogens is 422 g/mol. The van der Waals surface area contributed by atoms with E-state index in [9.17, 15) is 5.11 Å². The number of nitrogens with zero attached hydrogens (tertiary/aromatic N) is 1. The number of methoxy groups -OCH3 is 2. The van der Waals surface area contributed by atoms with E-state index in [0.717, 1.165) is 50.0 Å². The molecule has 180 valence electrons. The lowest BCUT2D eigenvalue weighted by molar-refractivity contribution is 0.0707. The quantitative estimate of drug-likeness (QED) is 0.391. The van der Waals surface area contributed by atoms with Gasteiger partial charge in [-0.3, -0.25) is 4.90 Å². The molecule has 1 heterocycles. The lowest BCUT2D eigenvalue weighted by atomic mass is 9.99. The molecule has 34 heavy (non-hydrogen) atoms. The van der Waals surface area contributed by atoms with Crippen LogP contribution in [-0.4, -0.2) is 42.9 Å². The fourth-order valence-electron chi connectivity index (χ4n) is 5.45. The van der Waals surface area contributed by atoms with Gasteiger partial charge in [-0.2, -0.15) is 0 Å². The van der Waals surface area contributed by atoms with Crippen LogP contribution in [-0.2, 0) is 12.8 Å². The molecule has 3 aromatic carbocycles. The first-order chi connectivity index (χ1) is 16.7. The maximum atomic E-state index is 10.5. The summed E-state index contributed by atoms with van der Waals surface area (Å²) in [5.74, 6) is 1.82. The second kappa shape index (κ2) is 12.0. The average molecular weight is 460 g/mol. The van der Waals surface area contributed by atoms with E-state index in [4.69, 9.17) is 9.47 Å². The normalized spacial score (nSPS) is 19.1. The van der Waals surface area contributed by atoms with Gasteiger partial charge >= 0.3 is 0 Å². The molecule has 0 saturated carbocycles. The van der Waals surface area contributed by atoms with Gasteiger partial charge in [0.15, 0.2) is 0 Å². The Hall–Kier alpha value is -2.82. The molecule has 1 aliphatic rings. The third-order valence-corrected chi connectivity index (χ3v) is 7.19. The van der Waals surface area contributed by atoms with Crippen molar-refractivity contribution in [3.8, 4) is 11.5 Å². The number of hydrogen-bond acceptors (Lipinski definition) is 4. The smallest absolute Gasteiger partial charge is 0.119 e. The summed E-state index contributed by atoms with van der Waals surface area (Å²) in [6.45, 7) is 0.134. The third-order valence-electron chi connectivity index (χ3n) is 7.19. The first-order valence-electron chi connectivity index (χ1n) is 12.4. The summed E-state index contributed by atoms with van der Waals surface area (Å²) >= 11 is 0. The Balaban J connectivity index is 1.51. The van der Waals surface area contributed by atoms with Gasteiger partial charge < -0.3 is 14.6 Å². The Morgan fingerprint density at radius 3 is 1.76 bits per heavy atom. The van der Waals surface area contributed by atoms with Crippen molar-refractivity contribution >= 4 is 0 Å². The van der Waals surface area contributed by atoms with E-state index in [1.165, 1.54) is 16.7 Å². The van der Waals surface area contributed by atoms with Crippen LogP contribution in [0, 0.1) is 0 Å². The molecule has 1 N–H and O–H groups in total. The zero-order valence-electron chi connectivity index (χ0n) is 20.4. The summed E-state index contributed by atoms with van der Waals surface area (Å²) in [7, 11) is 3.44. The van der Waals surface area contributed by atoms with Gasteiger partial charge in [0.1, 0.15) is 11.5 Å². The zero-order chi connectivity index (χ0) is 23.8. The fourth-order valence-corrected chi connectivity index (χ4v) is 5.45. The van der Waals surface area contributed by atoms with Crippen LogP contribution in [0.15, 0.2) is 78.9 Å². The van der Waals surface area contributed by atoms with Crippen molar-refractivity contribution in [1.82, 2.24) is 4.90 Å². The van der Waals surface area contributed by atoms with E-state index in [2.05, 4.69) is 65.6 Å². The standard InChI is InChI=1S/C30H37NO3/c1-33-28-12-6-8-23(20-28)14-16-26-18-19-27(17-15-24-9-7-13-29(21-24)34-2)31(26)30(22-32)25-10-4-3-5-11-25/h3-13,20-21,26-27,30,32H,14-19,22H2,1-2H3/t26-,27-,30+/m1/s1. The number of rotatable bonds is 11. The molecule has 1 saturated heterocycles. The molecule has 4 nitrogen and oxygen atoms in total. The number of likely N-dealkylation sites (tertiary alicyclic amines) is 1. The Morgan fingerprint density at radius 2 is 1.29 bits per heavy atom. The van der Waals surface area contributed by atoms with Gasteiger partial charge in [-0.15, -0.1) is 0 Å². The predicted molar refractivity (Wildman–Crippen MR) is 138 cm³/mol. The molecule has 0 aromatic heterocycles. The molecule has 4 rings (SSSR count). The van der Waals surface area contributed by atoms with Crippen molar-refractivity contribution in [2.75, 3.05) is 20.8 Å². The van der Waals surface area contributed by atoms with Crippen LogP contribution in [0.25, 0.3) is 0 Å². The van der Waals surface area contributed by atoms with Crippen LogP contribution in [0.5, 0.6) is 11.5 Å². The number of hydrogen-bond donors (Lipinski definition) is 1. The van der Waals surface area contributed by atoms with Gasteiger partial charge in [0.2, 0.25) is 0 Å². The predicted octanol–water partition coefficient (Wildman–Crippen LogP) is 5.84. The Kier molecular flexibility index (Phi) is 8.62.